The van der Waals surface area contributed by atoms with Crippen molar-refractivity contribution in [2.24, 2.45) is 0 Å². The van der Waals surface area contributed by atoms with Gasteiger partial charge in [-0.05, 0) is 59.7 Å². The van der Waals surface area contributed by atoms with Crippen molar-refractivity contribution in [3.8, 4) is 0 Å². The van der Waals surface area contributed by atoms with Crippen LogP contribution in [0.4, 0.5) is 22.0 Å². The normalized spacial score (nSPS) is 17.1. The number of alkyl halides is 3. The number of rotatable bonds is 6. The van der Waals surface area contributed by atoms with E-state index in [9.17, 15) is 22.4 Å². The number of carbonyl (C=O) groups excluding carboxylic acids is 1. The van der Waals surface area contributed by atoms with Crippen LogP contribution in [0.15, 0.2) is 91.0 Å². The summed E-state index contributed by atoms with van der Waals surface area (Å²) in [5, 5.41) is 0. The van der Waals surface area contributed by atoms with Crippen LogP contribution in [0.5, 0.6) is 0 Å². The second-order valence-electron chi connectivity index (χ2n) is 11.0. The lowest BCUT2D eigenvalue weighted by Gasteiger charge is -2.40. The van der Waals surface area contributed by atoms with Crippen molar-refractivity contribution in [3.63, 3.8) is 0 Å². The van der Waals surface area contributed by atoms with Crippen molar-refractivity contribution in [3.05, 3.63) is 142 Å². The highest BCUT2D eigenvalue weighted by atomic mass is 19.4. The van der Waals surface area contributed by atoms with Crippen LogP contribution < -0.4 is 0 Å². The van der Waals surface area contributed by atoms with Crippen LogP contribution in [0.2, 0.25) is 0 Å². The summed E-state index contributed by atoms with van der Waals surface area (Å²) in [5.74, 6) is -1.75. The van der Waals surface area contributed by atoms with Crippen molar-refractivity contribution in [1.82, 2.24) is 9.80 Å². The summed E-state index contributed by atoms with van der Waals surface area (Å²) < 4.78 is 72.8. The van der Waals surface area contributed by atoms with Gasteiger partial charge in [-0.2, -0.15) is 13.2 Å². The SMILES string of the molecule is O=C(CN1CCc2ccccc2C1c1c(F)cccc1C(F)(F)F)N(Cc1ccccc1F)C1Cc2ccccc2C1. The maximum Gasteiger partial charge on any atom is 0.416 e. The smallest absolute Gasteiger partial charge is 0.333 e. The quantitative estimate of drug-likeness (QED) is 0.228. The van der Waals surface area contributed by atoms with E-state index in [-0.39, 0.29) is 31.6 Å². The van der Waals surface area contributed by atoms with Crippen LogP contribution in [-0.4, -0.2) is 34.8 Å². The molecule has 0 saturated carbocycles. The fourth-order valence-corrected chi connectivity index (χ4v) is 6.44. The second-order valence-corrected chi connectivity index (χ2v) is 11.0. The Bertz CT molecular complexity index is 1590. The van der Waals surface area contributed by atoms with Gasteiger partial charge in [0.05, 0.1) is 18.2 Å². The molecule has 42 heavy (non-hydrogen) atoms. The molecular formula is C34H29F5N2O. The summed E-state index contributed by atoms with van der Waals surface area (Å²) in [6.45, 7) is 0.0379. The molecule has 0 spiro atoms. The van der Waals surface area contributed by atoms with Gasteiger partial charge in [0, 0.05) is 30.3 Å². The zero-order valence-corrected chi connectivity index (χ0v) is 22.8. The number of hydrogen-bond acceptors (Lipinski definition) is 2. The molecule has 0 fully saturated rings. The maximum absolute atomic E-state index is 15.4. The number of halogens is 5. The third-order valence-corrected chi connectivity index (χ3v) is 8.44. The Labute approximate surface area is 241 Å². The van der Waals surface area contributed by atoms with Crippen molar-refractivity contribution >= 4 is 5.91 Å². The Hall–Kier alpha value is -4.04. The van der Waals surface area contributed by atoms with Gasteiger partial charge in [0.15, 0.2) is 0 Å². The lowest BCUT2D eigenvalue weighted by molar-refractivity contribution is -0.139. The zero-order chi connectivity index (χ0) is 29.4. The molecule has 6 rings (SSSR count). The van der Waals surface area contributed by atoms with E-state index in [0.717, 1.165) is 34.9 Å². The van der Waals surface area contributed by atoms with Crippen LogP contribution in [0.3, 0.4) is 0 Å². The van der Waals surface area contributed by atoms with Crippen molar-refractivity contribution in [2.45, 2.75) is 44.1 Å². The number of nitrogens with zero attached hydrogens (tertiary/aromatic N) is 2. The van der Waals surface area contributed by atoms with Crippen molar-refractivity contribution < 1.29 is 26.7 Å². The summed E-state index contributed by atoms with van der Waals surface area (Å²) in [6.07, 6.45) is -3.10. The molecule has 0 bridgehead atoms. The van der Waals surface area contributed by atoms with Gasteiger partial charge in [-0.25, -0.2) is 8.78 Å². The largest absolute Gasteiger partial charge is 0.416 e. The lowest BCUT2D eigenvalue weighted by Crippen LogP contribution is -2.48. The predicted molar refractivity (Wildman–Crippen MR) is 150 cm³/mol. The number of carbonyl (C=O) groups is 1. The van der Waals surface area contributed by atoms with E-state index in [1.807, 2.05) is 30.3 Å². The second kappa shape index (κ2) is 11.3. The van der Waals surface area contributed by atoms with Crippen LogP contribution in [-0.2, 0) is 36.8 Å². The molecule has 3 nitrogen and oxygen atoms in total. The first kappa shape index (κ1) is 28.1. The summed E-state index contributed by atoms with van der Waals surface area (Å²) in [7, 11) is 0. The first-order valence-corrected chi connectivity index (χ1v) is 14.0. The Balaban J connectivity index is 1.38. The topological polar surface area (TPSA) is 23.6 Å². The van der Waals surface area contributed by atoms with E-state index in [1.165, 1.54) is 6.07 Å². The van der Waals surface area contributed by atoms with Gasteiger partial charge in [-0.1, -0.05) is 72.8 Å². The van der Waals surface area contributed by atoms with Gasteiger partial charge < -0.3 is 4.90 Å². The summed E-state index contributed by atoms with van der Waals surface area (Å²) in [6, 6.07) is 22.8. The molecule has 4 aromatic rings. The van der Waals surface area contributed by atoms with Gasteiger partial charge in [0.25, 0.3) is 0 Å². The van der Waals surface area contributed by atoms with Crippen molar-refractivity contribution in [2.75, 3.05) is 13.1 Å². The number of fused-ring (bicyclic) bond motifs is 2. The van der Waals surface area contributed by atoms with Crippen LogP contribution in [0.25, 0.3) is 0 Å². The minimum Gasteiger partial charge on any atom is -0.333 e. The lowest BCUT2D eigenvalue weighted by atomic mass is 9.85. The minimum absolute atomic E-state index is 0.0206. The van der Waals surface area contributed by atoms with Gasteiger partial charge in [0.2, 0.25) is 5.91 Å². The molecule has 1 atom stereocenters. The highest BCUT2D eigenvalue weighted by Crippen LogP contribution is 2.43. The molecule has 0 N–H and O–H groups in total. The van der Waals surface area contributed by atoms with Crippen molar-refractivity contribution in [1.29, 1.82) is 0 Å². The third-order valence-electron chi connectivity index (χ3n) is 8.44. The number of hydrogen-bond donors (Lipinski definition) is 0. The Kier molecular flexibility index (Phi) is 7.58. The Morgan fingerprint density at radius 3 is 2.10 bits per heavy atom. The van der Waals surface area contributed by atoms with Crippen LogP contribution >= 0.6 is 0 Å². The summed E-state index contributed by atoms with van der Waals surface area (Å²) >= 11 is 0. The Morgan fingerprint density at radius 1 is 0.786 bits per heavy atom. The first-order valence-electron chi connectivity index (χ1n) is 14.0. The average molecular weight is 577 g/mol. The molecular weight excluding hydrogens is 547 g/mol. The van der Waals surface area contributed by atoms with Crippen LogP contribution in [0.1, 0.15) is 45.0 Å². The number of amides is 1. The monoisotopic (exact) mass is 576 g/mol. The van der Waals surface area contributed by atoms with Crippen LogP contribution in [0, 0.1) is 11.6 Å². The summed E-state index contributed by atoms with van der Waals surface area (Å²) in [5.41, 5.74) is 2.39. The van der Waals surface area contributed by atoms with E-state index < -0.39 is 35.0 Å². The molecule has 1 aliphatic heterocycles. The van der Waals surface area contributed by atoms with E-state index in [2.05, 4.69) is 0 Å². The molecule has 8 heteroatoms. The molecule has 0 aromatic heterocycles. The van der Waals surface area contributed by atoms with E-state index in [4.69, 9.17) is 0 Å². The fraction of sp³-hybridized carbons (Fsp3) is 0.265. The average Bonchev–Trinajstić information content (AvgIpc) is 3.40. The molecule has 0 saturated heterocycles. The molecule has 216 valence electrons. The molecule has 1 unspecified atom stereocenters. The summed E-state index contributed by atoms with van der Waals surface area (Å²) in [4.78, 5) is 17.4. The standard InChI is InChI=1S/C34H29F5N2O/c35-29-14-6-4-11-25(29)20-41(26-18-23-9-1-2-10-24(23)19-26)31(42)21-40-17-16-22-8-3-5-12-27(22)33(40)32-28(34(37,38)39)13-7-15-30(32)36/h1-15,26,33H,16-21H2. The maximum atomic E-state index is 15.4. The van der Waals surface area contributed by atoms with Gasteiger partial charge >= 0.3 is 6.18 Å². The number of benzene rings is 4. The van der Waals surface area contributed by atoms with E-state index >= 15 is 4.39 Å². The van der Waals surface area contributed by atoms with E-state index in [0.29, 0.717) is 30.4 Å². The minimum atomic E-state index is -4.79. The third kappa shape index (κ3) is 5.43. The predicted octanol–water partition coefficient (Wildman–Crippen LogP) is 7.13. The highest BCUT2D eigenvalue weighted by molar-refractivity contribution is 5.79. The van der Waals surface area contributed by atoms with Gasteiger partial charge in [-0.3, -0.25) is 9.69 Å². The molecule has 2 aliphatic rings. The molecule has 1 amide bonds. The Morgan fingerprint density at radius 2 is 1.40 bits per heavy atom. The van der Waals surface area contributed by atoms with E-state index in [1.54, 1.807) is 46.2 Å². The van der Waals surface area contributed by atoms with Gasteiger partial charge in [-0.15, -0.1) is 0 Å². The highest BCUT2D eigenvalue weighted by Gasteiger charge is 2.41. The molecule has 0 radical (unpaired) electrons. The molecule has 1 heterocycles. The molecule has 1 aliphatic carbocycles. The van der Waals surface area contributed by atoms with Gasteiger partial charge in [0.1, 0.15) is 11.6 Å². The molecule has 4 aromatic carbocycles. The zero-order valence-electron chi connectivity index (χ0n) is 22.8. The first-order chi connectivity index (χ1) is 20.2. The fourth-order valence-electron chi connectivity index (χ4n) is 6.44.